The summed E-state index contributed by atoms with van der Waals surface area (Å²) in [5.41, 5.74) is 3.29. The molecule has 24 heavy (non-hydrogen) atoms. The Morgan fingerprint density at radius 1 is 1.12 bits per heavy atom. The van der Waals surface area contributed by atoms with Crippen LogP contribution in [0.1, 0.15) is 40.0 Å². The van der Waals surface area contributed by atoms with Crippen molar-refractivity contribution in [3.8, 4) is 0 Å². The molecule has 0 spiro atoms. The van der Waals surface area contributed by atoms with E-state index in [0.29, 0.717) is 10.6 Å². The summed E-state index contributed by atoms with van der Waals surface area (Å²) in [4.78, 5) is 24.0. The van der Waals surface area contributed by atoms with Crippen LogP contribution in [-0.2, 0) is 9.53 Å². The zero-order chi connectivity index (χ0) is 17.7. The van der Waals surface area contributed by atoms with Crippen molar-refractivity contribution in [3.63, 3.8) is 0 Å². The van der Waals surface area contributed by atoms with Crippen molar-refractivity contribution in [2.75, 3.05) is 6.61 Å². The highest BCUT2D eigenvalue weighted by Gasteiger charge is 2.14. The van der Waals surface area contributed by atoms with Crippen LogP contribution in [-0.4, -0.2) is 18.5 Å². The van der Waals surface area contributed by atoms with E-state index < -0.39 is 5.97 Å². The van der Waals surface area contributed by atoms with Crippen LogP contribution in [0.5, 0.6) is 0 Å². The molecule has 0 aliphatic heterocycles. The van der Waals surface area contributed by atoms with Crippen LogP contribution in [0.25, 0.3) is 0 Å². The Morgan fingerprint density at radius 2 is 1.79 bits per heavy atom. The molecule has 1 atom stereocenters. The number of rotatable bonds is 5. The van der Waals surface area contributed by atoms with E-state index in [4.69, 9.17) is 16.3 Å². The van der Waals surface area contributed by atoms with Gasteiger partial charge in [-0.05, 0) is 50.1 Å². The second-order valence-corrected chi connectivity index (χ2v) is 6.17. The summed E-state index contributed by atoms with van der Waals surface area (Å²) in [6, 6.07) is 12.5. The predicted octanol–water partition coefficient (Wildman–Crippen LogP) is 3.99. The highest BCUT2D eigenvalue weighted by atomic mass is 35.5. The van der Waals surface area contributed by atoms with Crippen LogP contribution in [0.3, 0.4) is 0 Å². The fraction of sp³-hybridized carbons (Fsp3) is 0.263. The number of nitrogens with one attached hydrogen (secondary N) is 1. The number of carbonyl (C=O) groups excluding carboxylic acids is 2. The summed E-state index contributed by atoms with van der Waals surface area (Å²) in [5.74, 6) is -0.850. The van der Waals surface area contributed by atoms with Crippen LogP contribution in [0.2, 0.25) is 5.02 Å². The molecular formula is C19H20ClNO3. The van der Waals surface area contributed by atoms with Crippen molar-refractivity contribution in [3.05, 3.63) is 69.7 Å². The van der Waals surface area contributed by atoms with Crippen molar-refractivity contribution >= 4 is 23.5 Å². The molecule has 2 rings (SSSR count). The minimum atomic E-state index is -0.498. The van der Waals surface area contributed by atoms with Crippen LogP contribution < -0.4 is 5.32 Å². The lowest BCUT2D eigenvalue weighted by Crippen LogP contribution is -2.31. The molecule has 0 bridgehead atoms. The average Bonchev–Trinajstić information content (AvgIpc) is 2.53. The second-order valence-electron chi connectivity index (χ2n) is 5.74. The van der Waals surface area contributed by atoms with Gasteiger partial charge >= 0.3 is 5.97 Å². The van der Waals surface area contributed by atoms with E-state index in [1.54, 1.807) is 18.2 Å². The number of hydrogen-bond donors (Lipinski definition) is 1. The maximum Gasteiger partial charge on any atom is 0.338 e. The van der Waals surface area contributed by atoms with Crippen molar-refractivity contribution < 1.29 is 14.3 Å². The third-order valence-corrected chi connectivity index (χ3v) is 3.94. The third-order valence-electron chi connectivity index (χ3n) is 3.68. The largest absolute Gasteiger partial charge is 0.452 e. The van der Waals surface area contributed by atoms with Crippen LogP contribution in [0, 0.1) is 13.8 Å². The average molecular weight is 346 g/mol. The predicted molar refractivity (Wildman–Crippen MR) is 94.2 cm³/mol. The number of ether oxygens (including phenoxy) is 1. The number of hydrogen-bond acceptors (Lipinski definition) is 3. The maximum absolute atomic E-state index is 12.1. The molecule has 2 aromatic rings. The molecule has 0 aromatic heterocycles. The molecule has 0 heterocycles. The molecular weight excluding hydrogens is 326 g/mol. The lowest BCUT2D eigenvalue weighted by Gasteiger charge is -2.14. The molecule has 1 N–H and O–H groups in total. The minimum absolute atomic E-state index is 0.199. The lowest BCUT2D eigenvalue weighted by molar-refractivity contribution is -0.124. The Hall–Kier alpha value is -2.33. The summed E-state index contributed by atoms with van der Waals surface area (Å²) in [7, 11) is 0. The van der Waals surface area contributed by atoms with Gasteiger partial charge in [0.25, 0.3) is 5.91 Å². The Kier molecular flexibility index (Phi) is 5.99. The zero-order valence-electron chi connectivity index (χ0n) is 13.9. The first-order valence-corrected chi connectivity index (χ1v) is 8.04. The van der Waals surface area contributed by atoms with E-state index in [9.17, 15) is 9.59 Å². The van der Waals surface area contributed by atoms with Crippen LogP contribution >= 0.6 is 11.6 Å². The van der Waals surface area contributed by atoms with E-state index >= 15 is 0 Å². The Balaban J connectivity index is 1.88. The number of benzene rings is 2. The normalized spacial score (nSPS) is 11.7. The first-order chi connectivity index (χ1) is 11.4. The SMILES string of the molecule is Cc1ccc(C(=O)OCC(=O)N[C@H](C)c2ccc(Cl)cc2)c(C)c1. The number of halogens is 1. The Bertz CT molecular complexity index is 741. The second kappa shape index (κ2) is 7.97. The number of aryl methyl sites for hydroxylation is 2. The Labute approximate surface area is 146 Å². The molecule has 0 saturated carbocycles. The van der Waals surface area contributed by atoms with Gasteiger partial charge in [0.15, 0.2) is 6.61 Å². The zero-order valence-corrected chi connectivity index (χ0v) is 14.7. The number of carbonyl (C=O) groups is 2. The van der Waals surface area contributed by atoms with Crippen molar-refractivity contribution in [1.29, 1.82) is 0 Å². The summed E-state index contributed by atoms with van der Waals surface area (Å²) >= 11 is 5.84. The van der Waals surface area contributed by atoms with Crippen molar-refractivity contribution in [1.82, 2.24) is 5.32 Å². The van der Waals surface area contributed by atoms with E-state index in [0.717, 1.165) is 16.7 Å². The topological polar surface area (TPSA) is 55.4 Å². The van der Waals surface area contributed by atoms with Crippen molar-refractivity contribution in [2.45, 2.75) is 26.8 Å². The first-order valence-electron chi connectivity index (χ1n) is 7.66. The van der Waals surface area contributed by atoms with E-state index in [2.05, 4.69) is 5.32 Å². The van der Waals surface area contributed by atoms with Crippen LogP contribution in [0.4, 0.5) is 0 Å². The smallest absolute Gasteiger partial charge is 0.338 e. The molecule has 0 unspecified atom stereocenters. The minimum Gasteiger partial charge on any atom is -0.452 e. The molecule has 1 amide bonds. The summed E-state index contributed by atoms with van der Waals surface area (Å²) in [6.07, 6.45) is 0. The molecule has 126 valence electrons. The van der Waals surface area contributed by atoms with Gasteiger partial charge in [-0.15, -0.1) is 0 Å². The van der Waals surface area contributed by atoms with Gasteiger partial charge < -0.3 is 10.1 Å². The van der Waals surface area contributed by atoms with E-state index in [1.165, 1.54) is 0 Å². The standard InChI is InChI=1S/C19H20ClNO3/c1-12-4-9-17(13(2)10-12)19(23)24-11-18(22)21-14(3)15-5-7-16(20)8-6-15/h4-10,14H,11H2,1-3H3,(H,21,22)/t14-/m1/s1. The summed E-state index contributed by atoms with van der Waals surface area (Å²) in [5, 5.41) is 3.43. The first kappa shape index (κ1) is 18.0. The van der Waals surface area contributed by atoms with Gasteiger partial charge in [0.2, 0.25) is 0 Å². The third kappa shape index (κ3) is 4.83. The highest BCUT2D eigenvalue weighted by Crippen LogP contribution is 2.16. The maximum atomic E-state index is 12.1. The fourth-order valence-electron chi connectivity index (χ4n) is 2.37. The molecule has 0 fully saturated rings. The highest BCUT2D eigenvalue weighted by molar-refractivity contribution is 6.30. The van der Waals surface area contributed by atoms with E-state index in [1.807, 2.05) is 45.0 Å². The van der Waals surface area contributed by atoms with Gasteiger partial charge in [-0.3, -0.25) is 4.79 Å². The van der Waals surface area contributed by atoms with Gasteiger partial charge in [0.1, 0.15) is 0 Å². The van der Waals surface area contributed by atoms with Gasteiger partial charge in [-0.25, -0.2) is 4.79 Å². The fourth-order valence-corrected chi connectivity index (χ4v) is 2.50. The molecule has 5 heteroatoms. The number of amides is 1. The molecule has 0 aliphatic carbocycles. The van der Waals surface area contributed by atoms with Gasteiger partial charge in [0.05, 0.1) is 11.6 Å². The van der Waals surface area contributed by atoms with Gasteiger partial charge in [0, 0.05) is 5.02 Å². The molecule has 4 nitrogen and oxygen atoms in total. The van der Waals surface area contributed by atoms with Gasteiger partial charge in [-0.1, -0.05) is 41.4 Å². The molecule has 0 radical (unpaired) electrons. The summed E-state index contributed by atoms with van der Waals surface area (Å²) < 4.78 is 5.09. The number of esters is 1. The molecule has 0 aliphatic rings. The monoisotopic (exact) mass is 345 g/mol. The quantitative estimate of drug-likeness (QED) is 0.833. The molecule has 0 saturated heterocycles. The lowest BCUT2D eigenvalue weighted by atomic mass is 10.1. The van der Waals surface area contributed by atoms with Crippen LogP contribution in [0.15, 0.2) is 42.5 Å². The van der Waals surface area contributed by atoms with E-state index in [-0.39, 0.29) is 18.6 Å². The Morgan fingerprint density at radius 3 is 2.42 bits per heavy atom. The van der Waals surface area contributed by atoms with Gasteiger partial charge in [-0.2, -0.15) is 0 Å². The van der Waals surface area contributed by atoms with Crippen molar-refractivity contribution in [2.24, 2.45) is 0 Å². The molecule has 2 aromatic carbocycles. The summed E-state index contributed by atoms with van der Waals surface area (Å²) in [6.45, 7) is 5.33.